The van der Waals surface area contributed by atoms with E-state index in [0.29, 0.717) is 6.04 Å². The van der Waals surface area contributed by atoms with Crippen LogP contribution in [0.25, 0.3) is 0 Å². The number of hydrogen-bond donors (Lipinski definition) is 1. The Morgan fingerprint density at radius 1 is 1.28 bits per heavy atom. The Hall–Kier alpha value is -2.40. The summed E-state index contributed by atoms with van der Waals surface area (Å²) in [7, 11) is 0. The Morgan fingerprint density at radius 2 is 2.12 bits per heavy atom. The summed E-state index contributed by atoms with van der Waals surface area (Å²) in [6.45, 7) is 3.69. The van der Waals surface area contributed by atoms with Crippen LogP contribution < -0.4 is 5.32 Å². The van der Waals surface area contributed by atoms with Crippen molar-refractivity contribution in [3.05, 3.63) is 60.4 Å². The third-order valence-corrected chi connectivity index (χ3v) is 4.50. The lowest BCUT2D eigenvalue weighted by Gasteiger charge is -2.37. The number of piperidine rings is 1. The molecule has 2 aromatic rings. The first-order valence-corrected chi connectivity index (χ1v) is 8.89. The number of benzene rings is 1. The van der Waals surface area contributed by atoms with Gasteiger partial charge in [0, 0.05) is 30.7 Å². The van der Waals surface area contributed by atoms with Crippen LogP contribution in [0.5, 0.6) is 0 Å². The lowest BCUT2D eigenvalue weighted by molar-refractivity contribution is 0.0595. The molecule has 2 unspecified atom stereocenters. The molecule has 2 atom stereocenters. The molecule has 0 spiro atoms. The van der Waals surface area contributed by atoms with Gasteiger partial charge in [-0.05, 0) is 50.1 Å². The van der Waals surface area contributed by atoms with Crippen LogP contribution in [0.4, 0.5) is 10.5 Å². The van der Waals surface area contributed by atoms with Gasteiger partial charge in [0.2, 0.25) is 0 Å². The van der Waals surface area contributed by atoms with Crippen molar-refractivity contribution in [3.63, 3.8) is 0 Å². The monoisotopic (exact) mass is 339 g/mol. The van der Waals surface area contributed by atoms with Crippen LogP contribution in [0.2, 0.25) is 0 Å². The lowest BCUT2D eigenvalue weighted by Crippen LogP contribution is -2.39. The van der Waals surface area contributed by atoms with Crippen molar-refractivity contribution in [2.75, 3.05) is 18.4 Å². The maximum Gasteiger partial charge on any atom is 0.411 e. The summed E-state index contributed by atoms with van der Waals surface area (Å²) >= 11 is 0. The molecule has 0 aliphatic carbocycles. The van der Waals surface area contributed by atoms with Crippen molar-refractivity contribution < 1.29 is 9.53 Å². The van der Waals surface area contributed by atoms with E-state index < -0.39 is 6.09 Å². The van der Waals surface area contributed by atoms with Gasteiger partial charge in [-0.2, -0.15) is 0 Å². The molecule has 2 heterocycles. The summed E-state index contributed by atoms with van der Waals surface area (Å²) in [5.74, 6) is 0. The number of pyridine rings is 1. The van der Waals surface area contributed by atoms with E-state index >= 15 is 0 Å². The van der Waals surface area contributed by atoms with Crippen LogP contribution in [0.15, 0.2) is 54.9 Å². The SMILES string of the molecule is CC(CN1CCCCC1c1cccnc1)OC(=O)Nc1ccccc1. The summed E-state index contributed by atoms with van der Waals surface area (Å²) in [5.41, 5.74) is 1.98. The first-order valence-electron chi connectivity index (χ1n) is 8.89. The molecule has 25 heavy (non-hydrogen) atoms. The Kier molecular flexibility index (Phi) is 6.01. The van der Waals surface area contributed by atoms with Crippen LogP contribution in [0.1, 0.15) is 37.8 Å². The minimum Gasteiger partial charge on any atom is -0.445 e. The van der Waals surface area contributed by atoms with Crippen molar-refractivity contribution in [2.24, 2.45) is 0 Å². The molecule has 1 aliphatic heterocycles. The Labute approximate surface area is 149 Å². The first-order chi connectivity index (χ1) is 12.2. The molecular weight excluding hydrogens is 314 g/mol. The molecule has 5 nitrogen and oxygen atoms in total. The largest absolute Gasteiger partial charge is 0.445 e. The normalized spacial score (nSPS) is 19.2. The second-order valence-corrected chi connectivity index (χ2v) is 6.50. The Balaban J connectivity index is 1.55. The maximum absolute atomic E-state index is 12.1. The van der Waals surface area contributed by atoms with E-state index in [2.05, 4.69) is 21.3 Å². The van der Waals surface area contributed by atoms with Crippen LogP contribution >= 0.6 is 0 Å². The number of carbonyl (C=O) groups is 1. The molecule has 1 fully saturated rings. The fourth-order valence-corrected chi connectivity index (χ4v) is 3.38. The molecule has 1 aromatic heterocycles. The second-order valence-electron chi connectivity index (χ2n) is 6.50. The smallest absolute Gasteiger partial charge is 0.411 e. The van der Waals surface area contributed by atoms with Gasteiger partial charge in [0.15, 0.2) is 0 Å². The third-order valence-electron chi connectivity index (χ3n) is 4.50. The van der Waals surface area contributed by atoms with Gasteiger partial charge in [0.05, 0.1) is 0 Å². The highest BCUT2D eigenvalue weighted by Crippen LogP contribution is 2.30. The highest BCUT2D eigenvalue weighted by atomic mass is 16.6. The van der Waals surface area contributed by atoms with Crippen LogP contribution in [0, 0.1) is 0 Å². The number of amides is 1. The van der Waals surface area contributed by atoms with Crippen LogP contribution in [-0.4, -0.2) is 35.2 Å². The first kappa shape index (κ1) is 17.4. The lowest BCUT2D eigenvalue weighted by atomic mass is 9.96. The van der Waals surface area contributed by atoms with Gasteiger partial charge in [-0.25, -0.2) is 4.79 Å². The van der Waals surface area contributed by atoms with E-state index in [-0.39, 0.29) is 6.10 Å². The molecule has 0 radical (unpaired) electrons. The van der Waals surface area contributed by atoms with E-state index in [1.54, 1.807) is 6.20 Å². The van der Waals surface area contributed by atoms with Crippen molar-refractivity contribution >= 4 is 11.8 Å². The number of nitrogens with zero attached hydrogens (tertiary/aromatic N) is 2. The predicted octanol–water partition coefficient (Wildman–Crippen LogP) is 4.25. The van der Waals surface area contributed by atoms with Crippen LogP contribution in [-0.2, 0) is 4.74 Å². The molecule has 1 aliphatic rings. The van der Waals surface area contributed by atoms with Gasteiger partial charge in [0.1, 0.15) is 6.10 Å². The summed E-state index contributed by atoms with van der Waals surface area (Å²) in [4.78, 5) is 18.7. The zero-order chi connectivity index (χ0) is 17.5. The fraction of sp³-hybridized carbons (Fsp3) is 0.400. The number of ether oxygens (including phenoxy) is 1. The minimum atomic E-state index is -0.409. The van der Waals surface area contributed by atoms with Crippen LogP contribution in [0.3, 0.4) is 0 Å². The Bertz CT molecular complexity index is 663. The van der Waals surface area contributed by atoms with E-state index in [0.717, 1.165) is 25.2 Å². The maximum atomic E-state index is 12.1. The van der Waals surface area contributed by atoms with E-state index in [1.807, 2.05) is 49.5 Å². The van der Waals surface area contributed by atoms with Gasteiger partial charge in [-0.15, -0.1) is 0 Å². The Morgan fingerprint density at radius 3 is 2.88 bits per heavy atom. The van der Waals surface area contributed by atoms with Crippen molar-refractivity contribution in [3.8, 4) is 0 Å². The number of nitrogens with one attached hydrogen (secondary N) is 1. The fourth-order valence-electron chi connectivity index (χ4n) is 3.38. The second kappa shape index (κ2) is 8.62. The molecule has 1 aromatic carbocycles. The predicted molar refractivity (Wildman–Crippen MR) is 98.4 cm³/mol. The van der Waals surface area contributed by atoms with Gasteiger partial charge in [0.25, 0.3) is 0 Å². The van der Waals surface area contributed by atoms with Gasteiger partial charge < -0.3 is 4.74 Å². The molecule has 0 bridgehead atoms. The highest BCUT2D eigenvalue weighted by molar-refractivity contribution is 5.84. The van der Waals surface area contributed by atoms with Crippen molar-refractivity contribution in [2.45, 2.75) is 38.3 Å². The van der Waals surface area contributed by atoms with Gasteiger partial charge >= 0.3 is 6.09 Å². The average Bonchev–Trinajstić information content (AvgIpc) is 2.63. The topological polar surface area (TPSA) is 54.5 Å². The number of hydrogen-bond acceptors (Lipinski definition) is 4. The average molecular weight is 339 g/mol. The summed E-state index contributed by atoms with van der Waals surface area (Å²) in [6, 6.07) is 13.8. The minimum absolute atomic E-state index is 0.180. The van der Waals surface area contributed by atoms with E-state index in [1.165, 1.54) is 18.4 Å². The number of carbonyl (C=O) groups excluding carboxylic acids is 1. The highest BCUT2D eigenvalue weighted by Gasteiger charge is 2.26. The molecule has 1 N–H and O–H groups in total. The van der Waals surface area contributed by atoms with E-state index in [9.17, 15) is 4.79 Å². The van der Waals surface area contributed by atoms with Crippen molar-refractivity contribution in [1.82, 2.24) is 9.88 Å². The number of para-hydroxylation sites is 1. The summed E-state index contributed by atoms with van der Waals surface area (Å²) in [6.07, 6.45) is 6.68. The van der Waals surface area contributed by atoms with Gasteiger partial charge in [-0.1, -0.05) is 30.7 Å². The zero-order valence-corrected chi connectivity index (χ0v) is 14.6. The molecule has 3 rings (SSSR count). The number of anilines is 1. The van der Waals surface area contributed by atoms with E-state index in [4.69, 9.17) is 4.74 Å². The number of aromatic nitrogens is 1. The molecule has 132 valence electrons. The molecule has 0 saturated carbocycles. The summed E-state index contributed by atoms with van der Waals surface area (Å²) in [5, 5.41) is 2.76. The quantitative estimate of drug-likeness (QED) is 0.885. The molecule has 5 heteroatoms. The standard InChI is InChI=1S/C20H25N3O2/c1-16(25-20(24)22-18-9-3-2-4-10-18)15-23-13-6-5-11-19(23)17-8-7-12-21-14-17/h2-4,7-10,12,14,16,19H,5-6,11,13,15H2,1H3,(H,22,24). The summed E-state index contributed by atoms with van der Waals surface area (Å²) < 4.78 is 5.53. The van der Waals surface area contributed by atoms with Gasteiger partial charge in [-0.3, -0.25) is 15.2 Å². The molecule has 1 saturated heterocycles. The third kappa shape index (κ3) is 5.03. The number of likely N-dealkylation sites (tertiary alicyclic amines) is 1. The zero-order valence-electron chi connectivity index (χ0n) is 14.6. The molecular formula is C20H25N3O2. The molecule has 1 amide bonds. The number of rotatable bonds is 5. The van der Waals surface area contributed by atoms with Crippen molar-refractivity contribution in [1.29, 1.82) is 0 Å².